The summed E-state index contributed by atoms with van der Waals surface area (Å²) in [5.41, 5.74) is 1.03. The summed E-state index contributed by atoms with van der Waals surface area (Å²) in [6, 6.07) is 9.75. The zero-order valence-electron chi connectivity index (χ0n) is 7.97. The second-order valence-corrected chi connectivity index (χ2v) is 2.77. The van der Waals surface area contributed by atoms with E-state index in [0.717, 1.165) is 5.69 Å². The molecular formula is C10H16ClNO2. The summed E-state index contributed by atoms with van der Waals surface area (Å²) < 4.78 is 0. The summed E-state index contributed by atoms with van der Waals surface area (Å²) in [5.74, 6) is 0. The standard InChI is InChI=1S/C10H15NO2.ClH/c12-8-6-11(7-9-13)10-4-2-1-3-5-10;/h1-5,12-13H,6-9H2;1H. The molecule has 0 bridgehead atoms. The van der Waals surface area contributed by atoms with Gasteiger partial charge in [0.15, 0.2) is 0 Å². The minimum Gasteiger partial charge on any atom is -0.395 e. The number of hydrogen-bond acceptors (Lipinski definition) is 3. The molecule has 80 valence electrons. The lowest BCUT2D eigenvalue weighted by Gasteiger charge is -2.22. The van der Waals surface area contributed by atoms with Crippen LogP contribution in [0.15, 0.2) is 30.3 Å². The summed E-state index contributed by atoms with van der Waals surface area (Å²) in [6.45, 7) is 1.33. The Morgan fingerprint density at radius 1 is 0.929 bits per heavy atom. The molecule has 2 N–H and O–H groups in total. The Hall–Kier alpha value is -0.770. The van der Waals surface area contributed by atoms with Gasteiger partial charge >= 0.3 is 0 Å². The number of halogens is 1. The molecule has 0 aliphatic rings. The van der Waals surface area contributed by atoms with Crippen molar-refractivity contribution in [2.24, 2.45) is 0 Å². The van der Waals surface area contributed by atoms with Crippen molar-refractivity contribution >= 4 is 18.1 Å². The van der Waals surface area contributed by atoms with Crippen molar-refractivity contribution in [2.75, 3.05) is 31.2 Å². The molecule has 0 radical (unpaired) electrons. The minimum absolute atomic E-state index is 0. The van der Waals surface area contributed by atoms with Gasteiger partial charge in [0.2, 0.25) is 0 Å². The van der Waals surface area contributed by atoms with Crippen LogP contribution in [0, 0.1) is 0 Å². The Bertz CT molecular complexity index is 225. The Morgan fingerprint density at radius 2 is 1.43 bits per heavy atom. The van der Waals surface area contributed by atoms with E-state index < -0.39 is 0 Å². The van der Waals surface area contributed by atoms with Gasteiger partial charge in [-0.2, -0.15) is 0 Å². The Kier molecular flexibility index (Phi) is 7.20. The molecule has 4 heteroatoms. The first-order valence-corrected chi connectivity index (χ1v) is 4.40. The molecule has 14 heavy (non-hydrogen) atoms. The molecule has 0 aliphatic heterocycles. The third-order valence-electron chi connectivity index (χ3n) is 1.86. The molecule has 0 atom stereocenters. The van der Waals surface area contributed by atoms with E-state index in [4.69, 9.17) is 10.2 Å². The monoisotopic (exact) mass is 217 g/mol. The van der Waals surface area contributed by atoms with Crippen molar-refractivity contribution in [3.63, 3.8) is 0 Å². The van der Waals surface area contributed by atoms with Gasteiger partial charge in [0.1, 0.15) is 0 Å². The normalized spacial score (nSPS) is 9.29. The van der Waals surface area contributed by atoms with E-state index in [-0.39, 0.29) is 25.6 Å². The highest BCUT2D eigenvalue weighted by molar-refractivity contribution is 5.85. The number of anilines is 1. The van der Waals surface area contributed by atoms with Crippen LogP contribution >= 0.6 is 12.4 Å². The van der Waals surface area contributed by atoms with Gasteiger partial charge in [0, 0.05) is 18.8 Å². The van der Waals surface area contributed by atoms with Gasteiger partial charge in [0.25, 0.3) is 0 Å². The number of aliphatic hydroxyl groups excluding tert-OH is 2. The summed E-state index contributed by atoms with van der Waals surface area (Å²) in [6.07, 6.45) is 0. The molecule has 0 unspecified atom stereocenters. The summed E-state index contributed by atoms with van der Waals surface area (Å²) >= 11 is 0. The second-order valence-electron chi connectivity index (χ2n) is 2.77. The lowest BCUT2D eigenvalue weighted by molar-refractivity contribution is 0.281. The van der Waals surface area contributed by atoms with Crippen LogP contribution in [0.3, 0.4) is 0 Å². The van der Waals surface area contributed by atoms with Gasteiger partial charge < -0.3 is 15.1 Å². The van der Waals surface area contributed by atoms with Crippen molar-refractivity contribution < 1.29 is 10.2 Å². The molecule has 0 amide bonds. The van der Waals surface area contributed by atoms with Gasteiger partial charge in [-0.3, -0.25) is 0 Å². The molecule has 0 aliphatic carbocycles. The Balaban J connectivity index is 0.00000169. The van der Waals surface area contributed by atoms with Crippen molar-refractivity contribution in [3.8, 4) is 0 Å². The van der Waals surface area contributed by atoms with Crippen molar-refractivity contribution in [3.05, 3.63) is 30.3 Å². The summed E-state index contributed by atoms with van der Waals surface area (Å²) in [5, 5.41) is 17.6. The molecule has 0 heterocycles. The molecule has 3 nitrogen and oxygen atoms in total. The van der Waals surface area contributed by atoms with Crippen LogP contribution in [0.2, 0.25) is 0 Å². The minimum atomic E-state index is 0. The first kappa shape index (κ1) is 13.2. The second kappa shape index (κ2) is 7.62. The number of rotatable bonds is 5. The van der Waals surface area contributed by atoms with E-state index in [2.05, 4.69) is 0 Å². The summed E-state index contributed by atoms with van der Waals surface area (Å²) in [4.78, 5) is 1.94. The predicted octanol–water partition coefficient (Wildman–Crippen LogP) is 0.899. The van der Waals surface area contributed by atoms with Crippen molar-refractivity contribution in [1.82, 2.24) is 0 Å². The van der Waals surface area contributed by atoms with E-state index in [9.17, 15) is 0 Å². The average molecular weight is 218 g/mol. The highest BCUT2D eigenvalue weighted by atomic mass is 35.5. The number of aliphatic hydroxyl groups is 2. The van der Waals surface area contributed by atoms with Gasteiger partial charge in [-0.15, -0.1) is 12.4 Å². The largest absolute Gasteiger partial charge is 0.395 e. The fourth-order valence-electron chi connectivity index (χ4n) is 1.25. The van der Waals surface area contributed by atoms with Gasteiger partial charge in [0.05, 0.1) is 13.2 Å². The van der Waals surface area contributed by atoms with Crippen molar-refractivity contribution in [1.29, 1.82) is 0 Å². The molecule has 0 aromatic heterocycles. The highest BCUT2D eigenvalue weighted by Gasteiger charge is 2.02. The molecule has 0 fully saturated rings. The first-order chi connectivity index (χ1) is 6.38. The molecule has 0 saturated carbocycles. The van der Waals surface area contributed by atoms with Crippen LogP contribution in [0.5, 0.6) is 0 Å². The molecule has 0 saturated heterocycles. The molecule has 0 spiro atoms. The third-order valence-corrected chi connectivity index (χ3v) is 1.86. The quantitative estimate of drug-likeness (QED) is 0.771. The van der Waals surface area contributed by atoms with E-state index in [1.807, 2.05) is 35.2 Å². The van der Waals surface area contributed by atoms with Crippen LogP contribution < -0.4 is 4.90 Å². The van der Waals surface area contributed by atoms with Gasteiger partial charge in [-0.1, -0.05) is 18.2 Å². The Morgan fingerprint density at radius 3 is 1.86 bits per heavy atom. The molecule has 1 aromatic rings. The number of nitrogens with zero attached hydrogens (tertiary/aromatic N) is 1. The van der Waals surface area contributed by atoms with Crippen LogP contribution in [0.25, 0.3) is 0 Å². The average Bonchev–Trinajstić information content (AvgIpc) is 2.19. The zero-order valence-corrected chi connectivity index (χ0v) is 8.78. The first-order valence-electron chi connectivity index (χ1n) is 4.40. The van der Waals surface area contributed by atoms with Crippen molar-refractivity contribution in [2.45, 2.75) is 0 Å². The lowest BCUT2D eigenvalue weighted by atomic mass is 10.3. The van der Waals surface area contributed by atoms with Crippen LogP contribution in [0.1, 0.15) is 0 Å². The maximum Gasteiger partial charge on any atom is 0.0606 e. The predicted molar refractivity (Wildman–Crippen MR) is 60.1 cm³/mol. The fraction of sp³-hybridized carbons (Fsp3) is 0.400. The summed E-state index contributed by atoms with van der Waals surface area (Å²) in [7, 11) is 0. The van der Waals surface area contributed by atoms with E-state index in [0.29, 0.717) is 13.1 Å². The lowest BCUT2D eigenvalue weighted by Crippen LogP contribution is -2.29. The number of para-hydroxylation sites is 1. The smallest absolute Gasteiger partial charge is 0.0606 e. The van der Waals surface area contributed by atoms with Crippen LogP contribution in [-0.4, -0.2) is 36.5 Å². The zero-order chi connectivity index (χ0) is 9.52. The highest BCUT2D eigenvalue weighted by Crippen LogP contribution is 2.11. The molecule has 1 rings (SSSR count). The Labute approximate surface area is 90.4 Å². The van der Waals surface area contributed by atoms with E-state index >= 15 is 0 Å². The number of hydrogen-bond donors (Lipinski definition) is 2. The third kappa shape index (κ3) is 3.96. The number of benzene rings is 1. The van der Waals surface area contributed by atoms with Gasteiger partial charge in [-0.25, -0.2) is 0 Å². The van der Waals surface area contributed by atoms with E-state index in [1.165, 1.54) is 0 Å². The maximum atomic E-state index is 8.80. The van der Waals surface area contributed by atoms with E-state index in [1.54, 1.807) is 0 Å². The van der Waals surface area contributed by atoms with Crippen LogP contribution in [0.4, 0.5) is 5.69 Å². The molecule has 1 aromatic carbocycles. The van der Waals surface area contributed by atoms with Gasteiger partial charge in [-0.05, 0) is 12.1 Å². The maximum absolute atomic E-state index is 8.80. The molecular weight excluding hydrogens is 202 g/mol. The SMILES string of the molecule is Cl.OCCN(CCO)c1ccccc1. The van der Waals surface area contributed by atoms with Crippen LogP contribution in [-0.2, 0) is 0 Å². The fourth-order valence-corrected chi connectivity index (χ4v) is 1.25. The topological polar surface area (TPSA) is 43.7 Å².